The molecule has 1 amide bonds. The summed E-state index contributed by atoms with van der Waals surface area (Å²) in [5, 5.41) is 12.4. The van der Waals surface area contributed by atoms with E-state index in [1.54, 1.807) is 18.2 Å². The fourth-order valence-corrected chi connectivity index (χ4v) is 3.63. The Labute approximate surface area is 185 Å². The molecule has 0 saturated heterocycles. The number of hydrogen-bond acceptors (Lipinski definition) is 5. The van der Waals surface area contributed by atoms with E-state index in [1.807, 2.05) is 41.8 Å². The molecule has 3 aromatic rings. The highest BCUT2D eigenvalue weighted by atomic mass is 35.5. The molecule has 0 radical (unpaired) electrons. The summed E-state index contributed by atoms with van der Waals surface area (Å²) in [6, 6.07) is 13.1. The smallest absolute Gasteiger partial charge is 0.234 e. The summed E-state index contributed by atoms with van der Waals surface area (Å²) in [5.41, 5.74) is 2.96. The number of aryl methyl sites for hydroxylation is 2. The normalized spacial score (nSPS) is 10.6. The second kappa shape index (κ2) is 10.3. The molecule has 1 N–H and O–H groups in total. The van der Waals surface area contributed by atoms with Crippen LogP contribution in [0.25, 0.3) is 0 Å². The molecule has 1 aromatic heterocycles. The summed E-state index contributed by atoms with van der Waals surface area (Å²) in [6.07, 6.45) is 1.76. The van der Waals surface area contributed by atoms with Gasteiger partial charge in [-0.25, -0.2) is 0 Å². The van der Waals surface area contributed by atoms with E-state index in [-0.39, 0.29) is 18.3 Å². The van der Waals surface area contributed by atoms with E-state index in [1.165, 1.54) is 22.9 Å². The Morgan fingerprint density at radius 3 is 2.77 bits per heavy atom. The van der Waals surface area contributed by atoms with Crippen LogP contribution in [-0.2, 0) is 17.9 Å². The zero-order valence-electron chi connectivity index (χ0n) is 16.9. The zero-order chi connectivity index (χ0) is 21.5. The number of amides is 1. The second-order valence-corrected chi connectivity index (χ2v) is 8.00. The van der Waals surface area contributed by atoms with E-state index in [0.717, 1.165) is 5.75 Å². The van der Waals surface area contributed by atoms with Gasteiger partial charge in [0.1, 0.15) is 12.4 Å². The summed E-state index contributed by atoms with van der Waals surface area (Å²) in [4.78, 5) is 12.3. The minimum atomic E-state index is -0.172. The third-order valence-electron chi connectivity index (χ3n) is 4.43. The molecule has 0 saturated carbocycles. The molecule has 8 heteroatoms. The molecule has 0 bridgehead atoms. The topological polar surface area (TPSA) is 69.0 Å². The molecule has 0 spiro atoms. The second-order valence-electron chi connectivity index (χ2n) is 6.65. The summed E-state index contributed by atoms with van der Waals surface area (Å²) in [5.74, 6) is 1.45. The molecular weight excluding hydrogens is 420 g/mol. The van der Waals surface area contributed by atoms with Gasteiger partial charge in [-0.15, -0.1) is 16.8 Å². The Morgan fingerprint density at radius 1 is 1.23 bits per heavy atom. The molecule has 0 aliphatic carbocycles. The van der Waals surface area contributed by atoms with Gasteiger partial charge in [0.25, 0.3) is 0 Å². The van der Waals surface area contributed by atoms with Gasteiger partial charge in [-0.3, -0.25) is 9.36 Å². The van der Waals surface area contributed by atoms with Gasteiger partial charge in [0.05, 0.1) is 16.5 Å². The molecule has 2 aromatic carbocycles. The highest BCUT2D eigenvalue weighted by molar-refractivity contribution is 7.99. The number of nitrogens with zero attached hydrogens (tertiary/aromatic N) is 3. The Morgan fingerprint density at radius 2 is 2.03 bits per heavy atom. The standard InChI is InChI=1S/C22H23ClN4O2S/c1-4-11-27-20(13-29-17-10-9-15(2)16(3)12-17)25-26-22(27)30-14-21(28)24-19-8-6-5-7-18(19)23/h4-10,12H,1,11,13-14H2,2-3H3,(H,24,28). The number of hydrogen-bond donors (Lipinski definition) is 1. The molecular formula is C22H23ClN4O2S. The molecule has 3 rings (SSSR count). The van der Waals surface area contributed by atoms with Crippen molar-refractivity contribution in [2.45, 2.75) is 32.2 Å². The number of benzene rings is 2. The van der Waals surface area contributed by atoms with Crippen molar-refractivity contribution in [1.82, 2.24) is 14.8 Å². The van der Waals surface area contributed by atoms with Crippen LogP contribution >= 0.6 is 23.4 Å². The third-order valence-corrected chi connectivity index (χ3v) is 5.73. The minimum absolute atomic E-state index is 0.172. The van der Waals surface area contributed by atoms with Crippen LogP contribution in [0, 0.1) is 13.8 Å². The SMILES string of the molecule is C=CCn1c(COc2ccc(C)c(C)c2)nnc1SCC(=O)Nc1ccccc1Cl. The lowest BCUT2D eigenvalue weighted by Crippen LogP contribution is -2.15. The van der Waals surface area contributed by atoms with Gasteiger partial charge in [0.2, 0.25) is 5.91 Å². The van der Waals surface area contributed by atoms with E-state index < -0.39 is 0 Å². The van der Waals surface area contributed by atoms with E-state index in [0.29, 0.717) is 28.2 Å². The molecule has 30 heavy (non-hydrogen) atoms. The van der Waals surface area contributed by atoms with E-state index in [4.69, 9.17) is 16.3 Å². The van der Waals surface area contributed by atoms with Gasteiger partial charge >= 0.3 is 0 Å². The van der Waals surface area contributed by atoms with Crippen molar-refractivity contribution < 1.29 is 9.53 Å². The van der Waals surface area contributed by atoms with E-state index >= 15 is 0 Å². The predicted molar refractivity (Wildman–Crippen MR) is 121 cm³/mol. The first-order chi connectivity index (χ1) is 14.5. The van der Waals surface area contributed by atoms with Crippen LogP contribution in [0.15, 0.2) is 60.3 Å². The maximum Gasteiger partial charge on any atom is 0.234 e. The Hall–Kier alpha value is -2.77. The van der Waals surface area contributed by atoms with Crippen molar-refractivity contribution in [2.75, 3.05) is 11.1 Å². The van der Waals surface area contributed by atoms with Crippen molar-refractivity contribution in [3.8, 4) is 5.75 Å². The minimum Gasteiger partial charge on any atom is -0.486 e. The lowest BCUT2D eigenvalue weighted by Gasteiger charge is -2.10. The van der Waals surface area contributed by atoms with E-state index in [9.17, 15) is 4.79 Å². The van der Waals surface area contributed by atoms with Crippen molar-refractivity contribution in [1.29, 1.82) is 0 Å². The summed E-state index contributed by atoms with van der Waals surface area (Å²) in [7, 11) is 0. The fraction of sp³-hybridized carbons (Fsp3) is 0.227. The number of nitrogens with one attached hydrogen (secondary N) is 1. The Kier molecular flexibility index (Phi) is 7.54. The van der Waals surface area contributed by atoms with Crippen molar-refractivity contribution in [2.24, 2.45) is 0 Å². The Bertz CT molecular complexity index is 1050. The maximum atomic E-state index is 12.3. The number of anilines is 1. The number of aromatic nitrogens is 3. The van der Waals surface area contributed by atoms with Crippen LogP contribution in [0.5, 0.6) is 5.75 Å². The molecule has 0 unspecified atom stereocenters. The number of rotatable bonds is 9. The summed E-state index contributed by atoms with van der Waals surface area (Å²) < 4.78 is 7.78. The summed E-state index contributed by atoms with van der Waals surface area (Å²) >= 11 is 7.38. The van der Waals surface area contributed by atoms with Crippen LogP contribution in [0.4, 0.5) is 5.69 Å². The van der Waals surface area contributed by atoms with Crippen molar-refractivity contribution in [3.05, 3.63) is 77.1 Å². The first-order valence-electron chi connectivity index (χ1n) is 9.38. The van der Waals surface area contributed by atoms with Crippen LogP contribution in [0.1, 0.15) is 17.0 Å². The van der Waals surface area contributed by atoms with Gasteiger partial charge in [-0.05, 0) is 49.2 Å². The molecule has 0 fully saturated rings. The quantitative estimate of drug-likeness (QED) is 0.371. The molecule has 0 atom stereocenters. The molecule has 1 heterocycles. The monoisotopic (exact) mass is 442 g/mol. The number of allylic oxidation sites excluding steroid dienone is 1. The van der Waals surface area contributed by atoms with Gasteiger partial charge in [0, 0.05) is 6.54 Å². The lowest BCUT2D eigenvalue weighted by atomic mass is 10.1. The average molecular weight is 443 g/mol. The Balaban J connectivity index is 1.63. The van der Waals surface area contributed by atoms with Gasteiger partial charge in [-0.1, -0.05) is 47.6 Å². The van der Waals surface area contributed by atoms with Crippen molar-refractivity contribution >= 4 is 35.0 Å². The van der Waals surface area contributed by atoms with Crippen LogP contribution in [-0.4, -0.2) is 26.4 Å². The zero-order valence-corrected chi connectivity index (χ0v) is 18.5. The number of ether oxygens (including phenoxy) is 1. The first-order valence-corrected chi connectivity index (χ1v) is 10.7. The van der Waals surface area contributed by atoms with Crippen LogP contribution in [0.2, 0.25) is 5.02 Å². The number of para-hydroxylation sites is 1. The molecule has 0 aliphatic heterocycles. The largest absolute Gasteiger partial charge is 0.486 e. The molecule has 6 nitrogen and oxygen atoms in total. The average Bonchev–Trinajstić information content (AvgIpc) is 3.11. The fourth-order valence-electron chi connectivity index (χ4n) is 2.68. The van der Waals surface area contributed by atoms with Gasteiger partial charge < -0.3 is 10.1 Å². The predicted octanol–water partition coefficient (Wildman–Crippen LogP) is 5.04. The number of carbonyl (C=O) groups is 1. The third kappa shape index (κ3) is 5.64. The number of thioether (sulfide) groups is 1. The number of halogens is 1. The summed E-state index contributed by atoms with van der Waals surface area (Å²) in [6.45, 7) is 8.70. The molecule has 0 aliphatic rings. The first kappa shape index (κ1) is 21.9. The van der Waals surface area contributed by atoms with Crippen molar-refractivity contribution in [3.63, 3.8) is 0 Å². The van der Waals surface area contributed by atoms with Gasteiger partial charge in [-0.2, -0.15) is 0 Å². The maximum absolute atomic E-state index is 12.3. The van der Waals surface area contributed by atoms with Gasteiger partial charge in [0.15, 0.2) is 11.0 Å². The number of carbonyl (C=O) groups excluding carboxylic acids is 1. The van der Waals surface area contributed by atoms with Crippen LogP contribution in [0.3, 0.4) is 0 Å². The lowest BCUT2D eigenvalue weighted by molar-refractivity contribution is -0.113. The highest BCUT2D eigenvalue weighted by Gasteiger charge is 2.15. The highest BCUT2D eigenvalue weighted by Crippen LogP contribution is 2.23. The molecule has 156 valence electrons. The van der Waals surface area contributed by atoms with Crippen LogP contribution < -0.4 is 10.1 Å². The van der Waals surface area contributed by atoms with E-state index in [2.05, 4.69) is 29.0 Å².